The second-order valence-electron chi connectivity index (χ2n) is 7.04. The molecule has 0 aliphatic rings. The van der Waals surface area contributed by atoms with Crippen LogP contribution in [0.15, 0.2) is 79.1 Å². The van der Waals surface area contributed by atoms with E-state index in [1.54, 1.807) is 41.3 Å². The van der Waals surface area contributed by atoms with E-state index in [1.807, 2.05) is 18.2 Å². The summed E-state index contributed by atoms with van der Waals surface area (Å²) in [7, 11) is 0. The van der Waals surface area contributed by atoms with Crippen LogP contribution in [0.5, 0.6) is 0 Å². The quantitative estimate of drug-likeness (QED) is 0.488. The van der Waals surface area contributed by atoms with Crippen LogP contribution in [-0.2, 0) is 17.8 Å². The molecular weight excluding hydrogens is 398 g/mol. The van der Waals surface area contributed by atoms with Gasteiger partial charge < -0.3 is 5.32 Å². The van der Waals surface area contributed by atoms with Crippen molar-refractivity contribution in [2.24, 2.45) is 0 Å². The average molecular weight is 418 g/mol. The maximum absolute atomic E-state index is 13.3. The van der Waals surface area contributed by atoms with Gasteiger partial charge in [-0.3, -0.25) is 14.5 Å². The number of carbonyl (C=O) groups excluding carboxylic acids is 1. The van der Waals surface area contributed by atoms with Crippen LogP contribution in [-0.4, -0.2) is 27.2 Å². The van der Waals surface area contributed by atoms with E-state index in [4.69, 9.17) is 0 Å². The zero-order valence-corrected chi connectivity index (χ0v) is 16.6. The van der Waals surface area contributed by atoms with Crippen LogP contribution in [0, 0.1) is 11.6 Å². The zero-order chi connectivity index (χ0) is 21.6. The Morgan fingerprint density at radius 3 is 2.52 bits per heavy atom. The van der Waals surface area contributed by atoms with Crippen LogP contribution < -0.4 is 5.32 Å². The van der Waals surface area contributed by atoms with Crippen molar-refractivity contribution in [3.8, 4) is 22.5 Å². The van der Waals surface area contributed by atoms with Crippen molar-refractivity contribution in [2.75, 3.05) is 6.54 Å². The maximum atomic E-state index is 13.3. The Morgan fingerprint density at radius 2 is 1.77 bits per heavy atom. The number of aromatic nitrogens is 3. The lowest BCUT2D eigenvalue weighted by Gasteiger charge is -2.09. The van der Waals surface area contributed by atoms with Crippen molar-refractivity contribution in [1.29, 1.82) is 0 Å². The molecule has 7 heteroatoms. The molecule has 0 radical (unpaired) electrons. The minimum Gasteiger partial charge on any atom is -0.354 e. The number of nitrogens with zero attached hydrogens (tertiary/aromatic N) is 3. The normalized spacial score (nSPS) is 10.8. The Kier molecular flexibility index (Phi) is 6.12. The summed E-state index contributed by atoms with van der Waals surface area (Å²) in [5, 5.41) is 7.49. The van der Waals surface area contributed by atoms with Crippen molar-refractivity contribution in [1.82, 2.24) is 20.1 Å². The molecule has 0 fully saturated rings. The minimum atomic E-state index is -0.365. The van der Waals surface area contributed by atoms with Gasteiger partial charge in [0.05, 0.1) is 24.4 Å². The van der Waals surface area contributed by atoms with Crippen LogP contribution in [0.25, 0.3) is 22.5 Å². The number of hydrogen-bond acceptors (Lipinski definition) is 3. The fourth-order valence-corrected chi connectivity index (χ4v) is 3.29. The predicted octanol–water partition coefficient (Wildman–Crippen LogP) is 4.25. The molecule has 2 heterocycles. The summed E-state index contributed by atoms with van der Waals surface area (Å²) in [4.78, 5) is 16.4. The smallest absolute Gasteiger partial charge is 0.224 e. The van der Waals surface area contributed by atoms with Gasteiger partial charge in [0, 0.05) is 30.1 Å². The Balaban J connectivity index is 1.48. The summed E-state index contributed by atoms with van der Waals surface area (Å²) in [5.74, 6) is -0.868. The van der Waals surface area contributed by atoms with Crippen LogP contribution >= 0.6 is 0 Å². The summed E-state index contributed by atoms with van der Waals surface area (Å²) in [6, 6.07) is 17.8. The molecule has 1 amide bonds. The van der Waals surface area contributed by atoms with Gasteiger partial charge in [0.25, 0.3) is 0 Å². The Bertz CT molecular complexity index is 1170. The number of halogens is 2. The van der Waals surface area contributed by atoms with Gasteiger partial charge in [-0.2, -0.15) is 5.10 Å². The van der Waals surface area contributed by atoms with Gasteiger partial charge in [-0.1, -0.05) is 12.1 Å². The van der Waals surface area contributed by atoms with E-state index in [2.05, 4.69) is 15.4 Å². The first-order valence-electron chi connectivity index (χ1n) is 9.84. The highest BCUT2D eigenvalue weighted by atomic mass is 19.1. The molecule has 4 rings (SSSR count). The number of nitrogens with one attached hydrogen (secondary N) is 1. The monoisotopic (exact) mass is 418 g/mol. The Hall–Kier alpha value is -3.87. The van der Waals surface area contributed by atoms with Crippen molar-refractivity contribution in [3.05, 3.63) is 96.3 Å². The third kappa shape index (κ3) is 5.19. The SMILES string of the molecule is O=C(Cc1cccc(F)c1)NCCn1nc(-c2ccc(F)cc2)cc1-c1cccnc1. The molecule has 0 spiro atoms. The van der Waals surface area contributed by atoms with E-state index in [9.17, 15) is 13.6 Å². The van der Waals surface area contributed by atoms with E-state index in [0.29, 0.717) is 24.3 Å². The van der Waals surface area contributed by atoms with Gasteiger partial charge in [0.2, 0.25) is 5.91 Å². The number of benzene rings is 2. The van der Waals surface area contributed by atoms with E-state index < -0.39 is 0 Å². The van der Waals surface area contributed by atoms with E-state index in [-0.39, 0.29) is 24.0 Å². The van der Waals surface area contributed by atoms with E-state index in [1.165, 1.54) is 24.3 Å². The topological polar surface area (TPSA) is 59.8 Å². The van der Waals surface area contributed by atoms with Gasteiger partial charge in [-0.15, -0.1) is 0 Å². The summed E-state index contributed by atoms with van der Waals surface area (Å²) >= 11 is 0. The van der Waals surface area contributed by atoms with Crippen molar-refractivity contribution in [3.63, 3.8) is 0 Å². The molecule has 156 valence electrons. The van der Waals surface area contributed by atoms with Gasteiger partial charge in [-0.05, 0) is 60.2 Å². The first-order valence-corrected chi connectivity index (χ1v) is 9.84. The number of amides is 1. The van der Waals surface area contributed by atoms with Crippen molar-refractivity contribution < 1.29 is 13.6 Å². The summed E-state index contributed by atoms with van der Waals surface area (Å²) in [5.41, 5.74) is 3.83. The fraction of sp³-hybridized carbons (Fsp3) is 0.125. The van der Waals surface area contributed by atoms with E-state index in [0.717, 1.165) is 16.8 Å². The summed E-state index contributed by atoms with van der Waals surface area (Å²) in [6.07, 6.45) is 3.54. The molecule has 2 aromatic carbocycles. The lowest BCUT2D eigenvalue weighted by Crippen LogP contribution is -2.29. The third-order valence-corrected chi connectivity index (χ3v) is 4.78. The number of hydrogen-bond donors (Lipinski definition) is 1. The molecule has 0 saturated carbocycles. The van der Waals surface area contributed by atoms with E-state index >= 15 is 0 Å². The standard InChI is InChI=1S/C24H20F2N4O/c25-20-8-6-18(7-9-20)22-15-23(19-4-2-10-27-16-19)30(29-22)12-11-28-24(31)14-17-3-1-5-21(26)13-17/h1-10,13,15-16H,11-12,14H2,(H,28,31). The lowest BCUT2D eigenvalue weighted by atomic mass is 10.1. The number of rotatable bonds is 7. The van der Waals surface area contributed by atoms with Crippen LogP contribution in [0.3, 0.4) is 0 Å². The molecule has 5 nitrogen and oxygen atoms in total. The molecular formula is C24H20F2N4O. The highest BCUT2D eigenvalue weighted by Crippen LogP contribution is 2.26. The first kappa shape index (κ1) is 20.4. The zero-order valence-electron chi connectivity index (χ0n) is 16.6. The largest absolute Gasteiger partial charge is 0.354 e. The molecule has 2 aromatic heterocycles. The minimum absolute atomic E-state index is 0.104. The molecule has 0 atom stereocenters. The Labute approximate surface area is 178 Å². The van der Waals surface area contributed by atoms with Gasteiger partial charge in [0.15, 0.2) is 0 Å². The summed E-state index contributed by atoms with van der Waals surface area (Å²) < 4.78 is 28.4. The van der Waals surface area contributed by atoms with Crippen LogP contribution in [0.4, 0.5) is 8.78 Å². The van der Waals surface area contributed by atoms with Gasteiger partial charge in [-0.25, -0.2) is 8.78 Å². The number of carbonyl (C=O) groups is 1. The van der Waals surface area contributed by atoms with Crippen molar-refractivity contribution >= 4 is 5.91 Å². The first-order chi connectivity index (χ1) is 15.1. The maximum Gasteiger partial charge on any atom is 0.224 e. The molecule has 0 unspecified atom stereocenters. The highest BCUT2D eigenvalue weighted by Gasteiger charge is 2.12. The molecule has 0 bridgehead atoms. The molecule has 0 saturated heterocycles. The van der Waals surface area contributed by atoms with Crippen LogP contribution in [0.2, 0.25) is 0 Å². The predicted molar refractivity (Wildman–Crippen MR) is 114 cm³/mol. The third-order valence-electron chi connectivity index (χ3n) is 4.78. The van der Waals surface area contributed by atoms with Gasteiger partial charge >= 0.3 is 0 Å². The van der Waals surface area contributed by atoms with Gasteiger partial charge in [0.1, 0.15) is 11.6 Å². The summed E-state index contributed by atoms with van der Waals surface area (Å²) in [6.45, 7) is 0.784. The lowest BCUT2D eigenvalue weighted by molar-refractivity contribution is -0.120. The number of pyridine rings is 1. The molecule has 1 N–H and O–H groups in total. The molecule has 31 heavy (non-hydrogen) atoms. The van der Waals surface area contributed by atoms with Crippen LogP contribution in [0.1, 0.15) is 5.56 Å². The molecule has 0 aliphatic carbocycles. The fourth-order valence-electron chi connectivity index (χ4n) is 3.29. The Morgan fingerprint density at radius 1 is 0.935 bits per heavy atom. The highest BCUT2D eigenvalue weighted by molar-refractivity contribution is 5.78. The molecule has 4 aromatic rings. The average Bonchev–Trinajstić information content (AvgIpc) is 3.19. The molecule has 0 aliphatic heterocycles. The second-order valence-corrected chi connectivity index (χ2v) is 7.04. The van der Waals surface area contributed by atoms with Crippen molar-refractivity contribution in [2.45, 2.75) is 13.0 Å². The second kappa shape index (κ2) is 9.30.